The molecule has 3 aromatic rings. The summed E-state index contributed by atoms with van der Waals surface area (Å²) >= 11 is 0. The molecule has 0 aliphatic carbocycles. The van der Waals surface area contributed by atoms with Gasteiger partial charge in [-0.1, -0.05) is 30.3 Å². The number of nitrogens with zero attached hydrogens (tertiary/aromatic N) is 3. The van der Waals surface area contributed by atoms with Crippen molar-refractivity contribution in [2.45, 2.75) is 26.6 Å². The van der Waals surface area contributed by atoms with E-state index >= 15 is 0 Å². The summed E-state index contributed by atoms with van der Waals surface area (Å²) < 4.78 is 7.37. The van der Waals surface area contributed by atoms with Gasteiger partial charge >= 0.3 is 0 Å². The molecule has 1 aliphatic heterocycles. The molecule has 0 radical (unpaired) electrons. The van der Waals surface area contributed by atoms with Crippen molar-refractivity contribution in [3.05, 3.63) is 71.5 Å². The largest absolute Gasteiger partial charge is 0.496 e. The maximum atomic E-state index is 13.2. The first-order valence-corrected chi connectivity index (χ1v) is 9.88. The van der Waals surface area contributed by atoms with Gasteiger partial charge in [0, 0.05) is 24.6 Å². The highest BCUT2D eigenvalue weighted by Crippen LogP contribution is 2.30. The van der Waals surface area contributed by atoms with Crippen LogP contribution in [0.1, 0.15) is 28.7 Å². The van der Waals surface area contributed by atoms with E-state index in [1.54, 1.807) is 7.11 Å². The van der Waals surface area contributed by atoms with Gasteiger partial charge in [-0.15, -0.1) is 0 Å². The summed E-state index contributed by atoms with van der Waals surface area (Å²) in [6.07, 6.45) is 0. The van der Waals surface area contributed by atoms with Gasteiger partial charge in [0.2, 0.25) is 5.91 Å². The smallest absolute Gasteiger partial charge is 0.254 e. The molecule has 7 nitrogen and oxygen atoms in total. The Kier molecular flexibility index (Phi) is 5.52. The van der Waals surface area contributed by atoms with Crippen molar-refractivity contribution >= 4 is 11.8 Å². The zero-order valence-electron chi connectivity index (χ0n) is 17.1. The lowest BCUT2D eigenvalue weighted by Gasteiger charge is -2.28. The van der Waals surface area contributed by atoms with Crippen LogP contribution in [0.15, 0.2) is 54.6 Å². The van der Waals surface area contributed by atoms with Gasteiger partial charge < -0.3 is 15.0 Å². The van der Waals surface area contributed by atoms with Gasteiger partial charge in [-0.05, 0) is 29.8 Å². The van der Waals surface area contributed by atoms with Crippen LogP contribution >= 0.6 is 0 Å². The SMILES string of the molecule is COc1ccccc1-c1cccc(C(=O)N2CCn3nc(CNC(C)=O)cc3C2)c1. The maximum Gasteiger partial charge on any atom is 0.254 e. The van der Waals surface area contributed by atoms with E-state index < -0.39 is 0 Å². The van der Waals surface area contributed by atoms with Crippen LogP contribution in [0.3, 0.4) is 0 Å². The lowest BCUT2D eigenvalue weighted by Crippen LogP contribution is -2.38. The van der Waals surface area contributed by atoms with E-state index in [4.69, 9.17) is 4.74 Å². The molecule has 0 bridgehead atoms. The highest BCUT2D eigenvalue weighted by Gasteiger charge is 2.23. The van der Waals surface area contributed by atoms with Gasteiger partial charge in [0.15, 0.2) is 0 Å². The predicted octanol–water partition coefficient (Wildman–Crippen LogP) is 2.85. The molecule has 7 heteroatoms. The first-order chi connectivity index (χ1) is 14.5. The van der Waals surface area contributed by atoms with E-state index in [2.05, 4.69) is 10.4 Å². The van der Waals surface area contributed by atoms with Crippen molar-refractivity contribution in [2.24, 2.45) is 0 Å². The molecule has 0 spiro atoms. The number of rotatable bonds is 5. The molecular formula is C23H24N4O3. The molecule has 1 aliphatic rings. The Morgan fingerprint density at radius 2 is 1.93 bits per heavy atom. The number of para-hydroxylation sites is 1. The van der Waals surface area contributed by atoms with Gasteiger partial charge in [-0.25, -0.2) is 0 Å². The summed E-state index contributed by atoms with van der Waals surface area (Å²) in [4.78, 5) is 26.1. The van der Waals surface area contributed by atoms with Crippen molar-refractivity contribution < 1.29 is 14.3 Å². The van der Waals surface area contributed by atoms with Crippen molar-refractivity contribution in [3.8, 4) is 16.9 Å². The number of carbonyl (C=O) groups excluding carboxylic acids is 2. The second-order valence-corrected chi connectivity index (χ2v) is 7.27. The molecule has 0 atom stereocenters. The first kappa shape index (κ1) is 19.7. The lowest BCUT2D eigenvalue weighted by molar-refractivity contribution is -0.119. The Morgan fingerprint density at radius 3 is 2.73 bits per heavy atom. The molecule has 4 rings (SSSR count). The summed E-state index contributed by atoms with van der Waals surface area (Å²) in [5.41, 5.74) is 4.31. The van der Waals surface area contributed by atoms with E-state index in [-0.39, 0.29) is 11.8 Å². The summed E-state index contributed by atoms with van der Waals surface area (Å²) in [5.74, 6) is 0.672. The third-order valence-corrected chi connectivity index (χ3v) is 5.18. The highest BCUT2D eigenvalue weighted by molar-refractivity contribution is 5.95. The number of carbonyl (C=O) groups is 2. The number of nitrogens with one attached hydrogen (secondary N) is 1. The minimum atomic E-state index is -0.0901. The maximum absolute atomic E-state index is 13.2. The minimum Gasteiger partial charge on any atom is -0.496 e. The number of fused-ring (bicyclic) bond motifs is 1. The molecule has 2 amide bonds. The molecule has 0 fully saturated rings. The van der Waals surface area contributed by atoms with Crippen molar-refractivity contribution in [1.29, 1.82) is 0 Å². The number of benzene rings is 2. The van der Waals surface area contributed by atoms with Crippen LogP contribution in [-0.4, -0.2) is 40.1 Å². The Labute approximate surface area is 175 Å². The van der Waals surface area contributed by atoms with Crippen molar-refractivity contribution in [1.82, 2.24) is 20.0 Å². The molecule has 1 N–H and O–H groups in total. The fraction of sp³-hybridized carbons (Fsp3) is 0.261. The van der Waals surface area contributed by atoms with E-state index in [0.29, 0.717) is 31.7 Å². The fourth-order valence-electron chi connectivity index (χ4n) is 3.69. The highest BCUT2D eigenvalue weighted by atomic mass is 16.5. The topological polar surface area (TPSA) is 76.5 Å². The van der Waals surface area contributed by atoms with Crippen LogP contribution in [0.5, 0.6) is 5.75 Å². The Morgan fingerprint density at radius 1 is 1.10 bits per heavy atom. The monoisotopic (exact) mass is 404 g/mol. The summed E-state index contributed by atoms with van der Waals surface area (Å²) in [6.45, 7) is 3.59. The molecule has 0 saturated heterocycles. The number of amides is 2. The molecule has 2 aromatic carbocycles. The van der Waals surface area contributed by atoms with Gasteiger partial charge in [-0.3, -0.25) is 14.3 Å². The van der Waals surface area contributed by atoms with E-state index in [1.807, 2.05) is 64.2 Å². The van der Waals surface area contributed by atoms with Crippen LogP contribution in [0.2, 0.25) is 0 Å². The molecule has 1 aromatic heterocycles. The average molecular weight is 404 g/mol. The van der Waals surface area contributed by atoms with E-state index in [9.17, 15) is 9.59 Å². The Hall–Kier alpha value is -3.61. The molecule has 30 heavy (non-hydrogen) atoms. The number of hydrogen-bond acceptors (Lipinski definition) is 4. The normalized spacial score (nSPS) is 12.9. The zero-order valence-corrected chi connectivity index (χ0v) is 17.1. The number of ether oxygens (including phenoxy) is 1. The molecule has 0 unspecified atom stereocenters. The van der Waals surface area contributed by atoms with Crippen molar-refractivity contribution in [2.75, 3.05) is 13.7 Å². The van der Waals surface area contributed by atoms with Crippen molar-refractivity contribution in [3.63, 3.8) is 0 Å². The number of hydrogen-bond donors (Lipinski definition) is 1. The lowest BCUT2D eigenvalue weighted by atomic mass is 10.0. The number of aromatic nitrogens is 2. The Bertz CT molecular complexity index is 1090. The molecule has 2 heterocycles. The van der Waals surface area contributed by atoms with Crippen LogP contribution in [0.25, 0.3) is 11.1 Å². The van der Waals surface area contributed by atoms with Crippen LogP contribution < -0.4 is 10.1 Å². The van der Waals surface area contributed by atoms with Crippen LogP contribution in [0.4, 0.5) is 0 Å². The first-order valence-electron chi connectivity index (χ1n) is 9.88. The summed E-state index contributed by atoms with van der Waals surface area (Å²) in [6, 6.07) is 17.4. The zero-order chi connectivity index (χ0) is 21.1. The van der Waals surface area contributed by atoms with Gasteiger partial charge in [0.05, 0.1) is 38.1 Å². The van der Waals surface area contributed by atoms with Gasteiger partial charge in [0.25, 0.3) is 5.91 Å². The number of methoxy groups -OCH3 is 1. The molecule has 0 saturated carbocycles. The van der Waals surface area contributed by atoms with Gasteiger partial charge in [-0.2, -0.15) is 5.10 Å². The second kappa shape index (κ2) is 8.41. The van der Waals surface area contributed by atoms with Crippen LogP contribution in [-0.2, 0) is 24.4 Å². The molecule has 154 valence electrons. The quantitative estimate of drug-likeness (QED) is 0.710. The predicted molar refractivity (Wildman–Crippen MR) is 113 cm³/mol. The summed E-state index contributed by atoms with van der Waals surface area (Å²) in [7, 11) is 1.64. The fourth-order valence-corrected chi connectivity index (χ4v) is 3.69. The van der Waals surface area contributed by atoms with E-state index in [1.165, 1.54) is 6.92 Å². The standard InChI is InChI=1S/C23H24N4O3/c1-16(28)24-14-19-13-20-15-26(10-11-27(20)25-19)23(29)18-7-5-6-17(12-18)21-8-3-4-9-22(21)30-2/h3-9,12-13H,10-11,14-15H2,1-2H3,(H,24,28). The average Bonchev–Trinajstić information content (AvgIpc) is 3.19. The minimum absolute atomic E-state index is 0.0115. The second-order valence-electron chi connectivity index (χ2n) is 7.27. The van der Waals surface area contributed by atoms with E-state index in [0.717, 1.165) is 28.3 Å². The Balaban J connectivity index is 1.52. The third kappa shape index (κ3) is 4.05. The molecular weight excluding hydrogens is 380 g/mol. The summed E-state index contributed by atoms with van der Waals surface area (Å²) in [5, 5.41) is 7.27. The third-order valence-electron chi connectivity index (χ3n) is 5.18. The van der Waals surface area contributed by atoms with Gasteiger partial charge in [0.1, 0.15) is 5.75 Å². The van der Waals surface area contributed by atoms with Crippen LogP contribution in [0, 0.1) is 0 Å².